The van der Waals surface area contributed by atoms with Crippen LogP contribution in [0.25, 0.3) is 0 Å². The third-order valence-electron chi connectivity index (χ3n) is 3.33. The molecule has 1 aromatic rings. The average molecular weight is 251 g/mol. The fourth-order valence-electron chi connectivity index (χ4n) is 2.24. The normalized spacial score (nSPS) is 22.9. The van der Waals surface area contributed by atoms with Crippen LogP contribution in [0.2, 0.25) is 0 Å². The summed E-state index contributed by atoms with van der Waals surface area (Å²) < 4.78 is 5.39. The van der Waals surface area contributed by atoms with Crippen LogP contribution >= 0.6 is 0 Å². The number of morpholine rings is 1. The summed E-state index contributed by atoms with van der Waals surface area (Å²) in [7, 11) is 0. The van der Waals surface area contributed by atoms with E-state index in [1.54, 1.807) is 0 Å². The minimum atomic E-state index is -0.415. The Morgan fingerprint density at radius 1 is 1.33 bits per heavy atom. The molecule has 0 spiro atoms. The Bertz CT molecular complexity index is 344. The first kappa shape index (κ1) is 13.5. The van der Waals surface area contributed by atoms with Crippen LogP contribution in [0.15, 0.2) is 30.3 Å². The van der Waals surface area contributed by atoms with E-state index >= 15 is 0 Å². The summed E-state index contributed by atoms with van der Waals surface area (Å²) in [5.41, 5.74) is 0.962. The maximum absolute atomic E-state index is 10.1. The summed E-state index contributed by atoms with van der Waals surface area (Å²) in [5.74, 6) is 0. The molecule has 18 heavy (non-hydrogen) atoms. The molecule has 0 aliphatic carbocycles. The van der Waals surface area contributed by atoms with Gasteiger partial charge in [-0.15, -0.1) is 0 Å². The Morgan fingerprint density at radius 3 is 2.83 bits per heavy atom. The topological polar surface area (TPSA) is 52.9 Å². The van der Waals surface area contributed by atoms with Gasteiger partial charge in [-0.05, 0) is 12.0 Å². The lowest BCUT2D eigenvalue weighted by Gasteiger charge is -2.32. The molecule has 1 heterocycles. The molecule has 1 aliphatic heterocycles. The lowest BCUT2D eigenvalue weighted by molar-refractivity contribution is -0.0551. The van der Waals surface area contributed by atoms with E-state index in [1.807, 2.05) is 30.3 Å². The van der Waals surface area contributed by atoms with Gasteiger partial charge < -0.3 is 14.9 Å². The molecule has 1 aromatic carbocycles. The Labute approximate surface area is 108 Å². The quantitative estimate of drug-likeness (QED) is 0.813. The monoisotopic (exact) mass is 251 g/mol. The molecular weight excluding hydrogens is 230 g/mol. The lowest BCUT2D eigenvalue weighted by Crippen LogP contribution is -2.44. The van der Waals surface area contributed by atoms with Crippen molar-refractivity contribution in [3.05, 3.63) is 35.9 Å². The third kappa shape index (κ3) is 3.78. The van der Waals surface area contributed by atoms with Crippen molar-refractivity contribution in [2.45, 2.75) is 18.6 Å². The highest BCUT2D eigenvalue weighted by atomic mass is 16.5. The second kappa shape index (κ2) is 6.85. The molecule has 100 valence electrons. The van der Waals surface area contributed by atoms with E-state index in [0.29, 0.717) is 13.0 Å². The van der Waals surface area contributed by atoms with Crippen molar-refractivity contribution in [1.29, 1.82) is 0 Å². The number of rotatable bonds is 5. The highest BCUT2D eigenvalue weighted by Crippen LogP contribution is 2.17. The maximum Gasteiger partial charge on any atom is 0.0932 e. The van der Waals surface area contributed by atoms with Crippen molar-refractivity contribution in [3.8, 4) is 0 Å². The van der Waals surface area contributed by atoms with Gasteiger partial charge in [0.2, 0.25) is 0 Å². The first-order chi connectivity index (χ1) is 8.79. The van der Waals surface area contributed by atoms with E-state index < -0.39 is 6.10 Å². The highest BCUT2D eigenvalue weighted by Gasteiger charge is 2.20. The number of benzene rings is 1. The molecular formula is C14H21NO3. The Balaban J connectivity index is 1.77. The van der Waals surface area contributed by atoms with Crippen LogP contribution in [0, 0.1) is 0 Å². The first-order valence-electron chi connectivity index (χ1n) is 6.47. The van der Waals surface area contributed by atoms with Crippen molar-refractivity contribution in [2.75, 3.05) is 32.8 Å². The summed E-state index contributed by atoms with van der Waals surface area (Å²) >= 11 is 0. The van der Waals surface area contributed by atoms with Gasteiger partial charge in [0.15, 0.2) is 0 Å². The summed E-state index contributed by atoms with van der Waals surface area (Å²) in [6.07, 6.45) is 0.219. The summed E-state index contributed by atoms with van der Waals surface area (Å²) in [4.78, 5) is 2.23. The van der Waals surface area contributed by atoms with Gasteiger partial charge in [-0.1, -0.05) is 30.3 Å². The smallest absolute Gasteiger partial charge is 0.0932 e. The van der Waals surface area contributed by atoms with Gasteiger partial charge in [0.1, 0.15) is 0 Å². The van der Waals surface area contributed by atoms with Gasteiger partial charge in [-0.3, -0.25) is 4.90 Å². The number of nitrogens with zero attached hydrogens (tertiary/aromatic N) is 1. The van der Waals surface area contributed by atoms with Gasteiger partial charge in [0.05, 0.1) is 25.4 Å². The molecule has 1 aliphatic rings. The van der Waals surface area contributed by atoms with E-state index in [1.165, 1.54) is 0 Å². The number of hydrogen-bond acceptors (Lipinski definition) is 4. The SMILES string of the molecule is OCC1CN(CCC(O)c2ccccc2)CCO1. The number of aliphatic hydroxyl groups excluding tert-OH is 2. The Kier molecular flexibility index (Phi) is 5.13. The number of hydrogen-bond donors (Lipinski definition) is 2. The fraction of sp³-hybridized carbons (Fsp3) is 0.571. The molecule has 1 saturated heterocycles. The molecule has 0 amide bonds. The minimum Gasteiger partial charge on any atom is -0.394 e. The zero-order valence-electron chi connectivity index (χ0n) is 10.5. The van der Waals surface area contributed by atoms with Crippen molar-refractivity contribution < 1.29 is 14.9 Å². The highest BCUT2D eigenvalue weighted by molar-refractivity contribution is 5.17. The number of aliphatic hydroxyl groups is 2. The second-order valence-corrected chi connectivity index (χ2v) is 4.69. The predicted octanol–water partition coefficient (Wildman–Crippen LogP) is 0.803. The van der Waals surface area contributed by atoms with Crippen molar-refractivity contribution in [3.63, 3.8) is 0 Å². The van der Waals surface area contributed by atoms with Crippen LogP contribution in [-0.2, 0) is 4.74 Å². The summed E-state index contributed by atoms with van der Waals surface area (Å²) in [5, 5.41) is 19.1. The second-order valence-electron chi connectivity index (χ2n) is 4.69. The molecule has 0 bridgehead atoms. The van der Waals surface area contributed by atoms with Crippen molar-refractivity contribution in [1.82, 2.24) is 4.90 Å². The third-order valence-corrected chi connectivity index (χ3v) is 3.33. The molecule has 0 radical (unpaired) electrons. The molecule has 2 unspecified atom stereocenters. The van der Waals surface area contributed by atoms with E-state index in [2.05, 4.69) is 4.90 Å². The standard InChI is InChI=1S/C14H21NO3/c16-11-13-10-15(8-9-18-13)7-6-14(17)12-4-2-1-3-5-12/h1-5,13-14,16-17H,6-11H2. The summed E-state index contributed by atoms with van der Waals surface area (Å²) in [6.45, 7) is 3.18. The fourth-order valence-corrected chi connectivity index (χ4v) is 2.24. The van der Waals surface area contributed by atoms with Gasteiger partial charge in [0.25, 0.3) is 0 Å². The Morgan fingerprint density at radius 2 is 2.11 bits per heavy atom. The molecule has 4 heteroatoms. The van der Waals surface area contributed by atoms with Gasteiger partial charge in [-0.25, -0.2) is 0 Å². The largest absolute Gasteiger partial charge is 0.394 e. The molecule has 0 aromatic heterocycles. The van der Waals surface area contributed by atoms with Crippen LogP contribution in [0.5, 0.6) is 0 Å². The molecule has 2 rings (SSSR count). The Hall–Kier alpha value is -0.940. The van der Waals surface area contributed by atoms with E-state index in [-0.39, 0.29) is 12.7 Å². The van der Waals surface area contributed by atoms with Gasteiger partial charge in [0, 0.05) is 19.6 Å². The molecule has 4 nitrogen and oxygen atoms in total. The lowest BCUT2D eigenvalue weighted by atomic mass is 10.1. The zero-order chi connectivity index (χ0) is 12.8. The van der Waals surface area contributed by atoms with Crippen LogP contribution < -0.4 is 0 Å². The van der Waals surface area contributed by atoms with Crippen molar-refractivity contribution >= 4 is 0 Å². The van der Waals surface area contributed by atoms with E-state index in [0.717, 1.165) is 25.2 Å². The van der Waals surface area contributed by atoms with E-state index in [9.17, 15) is 5.11 Å². The average Bonchev–Trinajstić information content (AvgIpc) is 2.46. The van der Waals surface area contributed by atoms with Gasteiger partial charge >= 0.3 is 0 Å². The maximum atomic E-state index is 10.1. The number of ether oxygens (including phenoxy) is 1. The molecule has 2 N–H and O–H groups in total. The van der Waals surface area contributed by atoms with Gasteiger partial charge in [-0.2, -0.15) is 0 Å². The molecule has 0 saturated carbocycles. The summed E-state index contributed by atoms with van der Waals surface area (Å²) in [6, 6.07) is 9.72. The zero-order valence-corrected chi connectivity index (χ0v) is 10.5. The van der Waals surface area contributed by atoms with Crippen LogP contribution in [-0.4, -0.2) is 54.1 Å². The van der Waals surface area contributed by atoms with Crippen LogP contribution in [0.4, 0.5) is 0 Å². The first-order valence-corrected chi connectivity index (χ1v) is 6.47. The van der Waals surface area contributed by atoms with Crippen LogP contribution in [0.3, 0.4) is 0 Å². The predicted molar refractivity (Wildman–Crippen MR) is 69.3 cm³/mol. The van der Waals surface area contributed by atoms with E-state index in [4.69, 9.17) is 9.84 Å². The molecule has 2 atom stereocenters. The minimum absolute atomic E-state index is 0.0672. The van der Waals surface area contributed by atoms with Crippen LogP contribution in [0.1, 0.15) is 18.1 Å². The molecule has 1 fully saturated rings. The van der Waals surface area contributed by atoms with Crippen molar-refractivity contribution in [2.24, 2.45) is 0 Å².